The van der Waals surface area contributed by atoms with E-state index >= 15 is 0 Å². The van der Waals surface area contributed by atoms with Gasteiger partial charge in [-0.2, -0.15) is 0 Å². The zero-order valence-electron chi connectivity index (χ0n) is 10.3. The lowest BCUT2D eigenvalue weighted by Crippen LogP contribution is -2.27. The van der Waals surface area contributed by atoms with Gasteiger partial charge in [-0.3, -0.25) is 4.79 Å². The Balaban J connectivity index is 2.13. The van der Waals surface area contributed by atoms with Crippen molar-refractivity contribution in [2.24, 2.45) is 0 Å². The van der Waals surface area contributed by atoms with Crippen LogP contribution in [0.4, 0.5) is 5.69 Å². The molecular weight excluding hydrogens is 264 g/mol. The van der Waals surface area contributed by atoms with Gasteiger partial charge in [0.1, 0.15) is 0 Å². The number of aromatic nitrogens is 1. The van der Waals surface area contributed by atoms with Gasteiger partial charge in [0.15, 0.2) is 3.95 Å². The number of benzene rings is 1. The average Bonchev–Trinajstić information content (AvgIpc) is 2.68. The first-order valence-electron chi connectivity index (χ1n) is 5.58. The standard InChI is InChI=1S/C13H14N2OS2/c1-9-11(18-13(17)14-9)8-12(16)15(2)10-6-4-3-5-7-10/h3-7H,8H2,1-2H3,(H,14,17). The van der Waals surface area contributed by atoms with Gasteiger partial charge >= 0.3 is 0 Å². The number of para-hydroxylation sites is 1. The van der Waals surface area contributed by atoms with Crippen LogP contribution in [0.25, 0.3) is 0 Å². The second-order valence-electron chi connectivity index (χ2n) is 4.03. The van der Waals surface area contributed by atoms with Crippen LogP contribution in [0.15, 0.2) is 30.3 Å². The molecule has 0 radical (unpaired) electrons. The van der Waals surface area contributed by atoms with E-state index in [1.807, 2.05) is 37.3 Å². The lowest BCUT2D eigenvalue weighted by molar-refractivity contribution is -0.117. The zero-order chi connectivity index (χ0) is 13.1. The van der Waals surface area contributed by atoms with Crippen LogP contribution in [0, 0.1) is 10.9 Å². The van der Waals surface area contributed by atoms with Crippen LogP contribution >= 0.6 is 23.6 Å². The first kappa shape index (κ1) is 13.0. The fourth-order valence-corrected chi connectivity index (χ4v) is 2.94. The molecule has 1 heterocycles. The predicted molar refractivity (Wildman–Crippen MR) is 77.8 cm³/mol. The summed E-state index contributed by atoms with van der Waals surface area (Å²) in [7, 11) is 1.79. The molecule has 0 saturated carbocycles. The van der Waals surface area contributed by atoms with E-state index in [4.69, 9.17) is 12.2 Å². The van der Waals surface area contributed by atoms with Gasteiger partial charge < -0.3 is 9.88 Å². The molecule has 2 rings (SSSR count). The maximum absolute atomic E-state index is 12.2. The van der Waals surface area contributed by atoms with Gasteiger partial charge in [-0.1, -0.05) is 18.2 Å². The van der Waals surface area contributed by atoms with Gasteiger partial charge in [-0.15, -0.1) is 11.3 Å². The van der Waals surface area contributed by atoms with E-state index in [0.29, 0.717) is 6.42 Å². The van der Waals surface area contributed by atoms with Crippen molar-refractivity contribution in [1.29, 1.82) is 0 Å². The maximum atomic E-state index is 12.2. The zero-order valence-corrected chi connectivity index (χ0v) is 11.9. The Kier molecular flexibility index (Phi) is 3.93. The maximum Gasteiger partial charge on any atom is 0.232 e. The molecule has 0 atom stereocenters. The van der Waals surface area contributed by atoms with E-state index in [2.05, 4.69) is 4.98 Å². The summed E-state index contributed by atoms with van der Waals surface area (Å²) in [6.07, 6.45) is 0.384. The number of aromatic amines is 1. The van der Waals surface area contributed by atoms with Crippen molar-refractivity contribution in [3.05, 3.63) is 44.9 Å². The molecule has 5 heteroatoms. The molecule has 94 valence electrons. The van der Waals surface area contributed by atoms with Crippen molar-refractivity contribution in [2.75, 3.05) is 11.9 Å². The molecule has 1 aromatic heterocycles. The summed E-state index contributed by atoms with van der Waals surface area (Å²) in [6.45, 7) is 1.94. The number of anilines is 1. The third-order valence-corrected chi connectivity index (χ3v) is 4.09. The lowest BCUT2D eigenvalue weighted by Gasteiger charge is -2.16. The Bertz CT molecular complexity index is 601. The lowest BCUT2D eigenvalue weighted by atomic mass is 10.2. The van der Waals surface area contributed by atoms with Crippen LogP contribution in [0.5, 0.6) is 0 Å². The first-order chi connectivity index (χ1) is 8.58. The summed E-state index contributed by atoms with van der Waals surface area (Å²) in [5.41, 5.74) is 1.89. The number of hydrogen-bond acceptors (Lipinski definition) is 3. The number of thiazole rings is 1. The van der Waals surface area contributed by atoms with Gasteiger partial charge in [0.2, 0.25) is 5.91 Å². The molecule has 1 aromatic carbocycles. The highest BCUT2D eigenvalue weighted by molar-refractivity contribution is 7.73. The minimum atomic E-state index is 0.0644. The van der Waals surface area contributed by atoms with Crippen molar-refractivity contribution < 1.29 is 4.79 Å². The molecule has 2 aromatic rings. The number of rotatable bonds is 3. The van der Waals surface area contributed by atoms with Gasteiger partial charge in [0, 0.05) is 23.3 Å². The van der Waals surface area contributed by atoms with Gasteiger partial charge in [0.05, 0.1) is 6.42 Å². The number of carbonyl (C=O) groups excluding carboxylic acids is 1. The highest BCUT2D eigenvalue weighted by Crippen LogP contribution is 2.18. The van der Waals surface area contributed by atoms with Crippen LogP contribution in [-0.2, 0) is 11.2 Å². The molecule has 1 amide bonds. The quantitative estimate of drug-likeness (QED) is 0.874. The Hall–Kier alpha value is -1.46. The highest BCUT2D eigenvalue weighted by Gasteiger charge is 2.14. The normalized spacial score (nSPS) is 10.3. The number of hydrogen-bond donors (Lipinski definition) is 1. The topological polar surface area (TPSA) is 36.1 Å². The van der Waals surface area contributed by atoms with E-state index in [1.165, 1.54) is 11.3 Å². The predicted octanol–water partition coefficient (Wildman–Crippen LogP) is 3.32. The van der Waals surface area contributed by atoms with E-state index in [1.54, 1.807) is 11.9 Å². The van der Waals surface area contributed by atoms with Crippen LogP contribution in [0.3, 0.4) is 0 Å². The van der Waals surface area contributed by atoms with E-state index < -0.39 is 0 Å². The van der Waals surface area contributed by atoms with E-state index in [-0.39, 0.29) is 5.91 Å². The van der Waals surface area contributed by atoms with Crippen LogP contribution in [0.2, 0.25) is 0 Å². The first-order valence-corrected chi connectivity index (χ1v) is 6.80. The number of nitrogens with one attached hydrogen (secondary N) is 1. The highest BCUT2D eigenvalue weighted by atomic mass is 32.1. The fraction of sp³-hybridized carbons (Fsp3) is 0.231. The van der Waals surface area contributed by atoms with Crippen molar-refractivity contribution in [2.45, 2.75) is 13.3 Å². The number of aryl methyl sites for hydroxylation is 1. The average molecular weight is 278 g/mol. The molecule has 0 fully saturated rings. The van der Waals surface area contributed by atoms with E-state index in [0.717, 1.165) is 20.2 Å². The number of H-pyrrole nitrogens is 1. The summed E-state index contributed by atoms with van der Waals surface area (Å²) >= 11 is 6.54. The van der Waals surface area contributed by atoms with Gasteiger partial charge in [-0.25, -0.2) is 0 Å². The fourth-order valence-electron chi connectivity index (χ4n) is 1.66. The third kappa shape index (κ3) is 2.86. The number of likely N-dealkylation sites (N-methyl/N-ethyl adjacent to an activating group) is 1. The SMILES string of the molecule is Cc1[nH]c(=S)sc1CC(=O)N(C)c1ccccc1. The summed E-state index contributed by atoms with van der Waals surface area (Å²) in [4.78, 5) is 17.9. The number of amides is 1. The van der Waals surface area contributed by atoms with Gasteiger partial charge in [0.25, 0.3) is 0 Å². The third-order valence-electron chi connectivity index (χ3n) is 2.75. The summed E-state index contributed by atoms with van der Waals surface area (Å²) in [6, 6.07) is 9.62. The minimum Gasteiger partial charge on any atom is -0.341 e. The molecular formula is C13H14N2OS2. The molecule has 0 saturated heterocycles. The second-order valence-corrected chi connectivity index (χ2v) is 5.80. The Morgan fingerprint density at radius 2 is 2.06 bits per heavy atom. The summed E-state index contributed by atoms with van der Waals surface area (Å²) < 4.78 is 0.720. The Labute approximate surface area is 115 Å². The number of nitrogens with zero attached hydrogens (tertiary/aromatic N) is 1. The van der Waals surface area contributed by atoms with Crippen molar-refractivity contribution in [1.82, 2.24) is 4.98 Å². The monoisotopic (exact) mass is 278 g/mol. The molecule has 0 spiro atoms. The Morgan fingerprint density at radius 1 is 1.39 bits per heavy atom. The minimum absolute atomic E-state index is 0.0644. The molecule has 0 unspecified atom stereocenters. The molecule has 0 aliphatic rings. The van der Waals surface area contributed by atoms with Gasteiger partial charge in [-0.05, 0) is 31.3 Å². The second kappa shape index (κ2) is 5.46. The molecule has 0 bridgehead atoms. The van der Waals surface area contributed by atoms with Crippen molar-refractivity contribution in [3.8, 4) is 0 Å². The summed E-state index contributed by atoms with van der Waals surface area (Å²) in [5.74, 6) is 0.0644. The molecule has 18 heavy (non-hydrogen) atoms. The molecule has 0 aliphatic heterocycles. The van der Waals surface area contributed by atoms with Crippen molar-refractivity contribution >= 4 is 35.1 Å². The van der Waals surface area contributed by atoms with Crippen LogP contribution < -0.4 is 4.90 Å². The molecule has 0 aliphatic carbocycles. The van der Waals surface area contributed by atoms with Crippen molar-refractivity contribution in [3.63, 3.8) is 0 Å². The largest absolute Gasteiger partial charge is 0.341 e. The molecule has 1 N–H and O–H groups in total. The van der Waals surface area contributed by atoms with Crippen LogP contribution in [0.1, 0.15) is 10.6 Å². The molecule has 3 nitrogen and oxygen atoms in total. The number of carbonyl (C=O) groups is 1. The smallest absolute Gasteiger partial charge is 0.232 e. The Morgan fingerprint density at radius 3 is 2.61 bits per heavy atom. The van der Waals surface area contributed by atoms with Crippen LogP contribution in [-0.4, -0.2) is 17.9 Å². The van der Waals surface area contributed by atoms with E-state index in [9.17, 15) is 4.79 Å². The summed E-state index contributed by atoms with van der Waals surface area (Å²) in [5, 5.41) is 0.